The molecule has 0 saturated carbocycles. The van der Waals surface area contributed by atoms with Crippen molar-refractivity contribution in [3.63, 3.8) is 0 Å². The molecule has 3 aliphatic rings. The minimum absolute atomic E-state index is 0.0105. The molecule has 0 N–H and O–H groups in total. The topological polar surface area (TPSA) is 60.5 Å². The number of methoxy groups -OCH3 is 1. The number of anilines is 1. The van der Waals surface area contributed by atoms with Crippen LogP contribution in [0.3, 0.4) is 0 Å². The minimum atomic E-state index is -0.226. The van der Waals surface area contributed by atoms with Crippen molar-refractivity contribution in [1.29, 1.82) is 0 Å². The number of ether oxygens (including phenoxy) is 4. The van der Waals surface area contributed by atoms with Crippen molar-refractivity contribution in [2.24, 2.45) is 0 Å². The van der Waals surface area contributed by atoms with Crippen molar-refractivity contribution in [2.45, 2.75) is 25.1 Å². The van der Waals surface area contributed by atoms with Gasteiger partial charge in [-0.3, -0.25) is 9.69 Å². The van der Waals surface area contributed by atoms with Crippen LogP contribution >= 0.6 is 0 Å². The van der Waals surface area contributed by atoms with Gasteiger partial charge in [0.05, 0.1) is 18.3 Å². The van der Waals surface area contributed by atoms with E-state index in [2.05, 4.69) is 4.90 Å². The van der Waals surface area contributed by atoms with E-state index in [1.54, 1.807) is 12.0 Å². The van der Waals surface area contributed by atoms with Crippen LogP contribution in [0.2, 0.25) is 0 Å². The van der Waals surface area contributed by atoms with Gasteiger partial charge in [0.25, 0.3) is 0 Å². The third-order valence-corrected chi connectivity index (χ3v) is 5.71. The van der Waals surface area contributed by atoms with Crippen LogP contribution in [0.1, 0.15) is 12.0 Å². The number of fused-ring (bicyclic) bond motifs is 4. The quantitative estimate of drug-likeness (QED) is 0.774. The molecule has 1 fully saturated rings. The van der Waals surface area contributed by atoms with E-state index in [1.165, 1.54) is 0 Å². The van der Waals surface area contributed by atoms with Crippen LogP contribution in [0.15, 0.2) is 42.5 Å². The number of carbonyl (C=O) groups is 1. The zero-order valence-corrected chi connectivity index (χ0v) is 16.4. The maximum Gasteiger partial charge on any atom is 0.244 e. The Kier molecular flexibility index (Phi) is 4.77. The molecule has 3 heterocycles. The number of benzene rings is 2. The van der Waals surface area contributed by atoms with Crippen LogP contribution in [0.5, 0.6) is 17.2 Å². The van der Waals surface area contributed by atoms with Gasteiger partial charge in [0.2, 0.25) is 12.7 Å². The molecule has 3 aliphatic heterocycles. The zero-order chi connectivity index (χ0) is 19.8. The Morgan fingerprint density at radius 1 is 1.10 bits per heavy atom. The van der Waals surface area contributed by atoms with E-state index in [1.807, 2.05) is 42.5 Å². The van der Waals surface area contributed by atoms with Gasteiger partial charge in [-0.05, 0) is 29.8 Å². The van der Waals surface area contributed by atoms with Gasteiger partial charge < -0.3 is 23.8 Å². The first-order valence-corrected chi connectivity index (χ1v) is 9.91. The van der Waals surface area contributed by atoms with Crippen LogP contribution in [0, 0.1) is 0 Å². The van der Waals surface area contributed by atoms with Crippen LogP contribution < -0.4 is 19.1 Å². The molecule has 1 saturated heterocycles. The van der Waals surface area contributed by atoms with Crippen molar-refractivity contribution >= 4 is 11.6 Å². The van der Waals surface area contributed by atoms with Crippen LogP contribution in [-0.4, -0.2) is 56.6 Å². The normalized spacial score (nSPS) is 22.8. The predicted molar refractivity (Wildman–Crippen MR) is 106 cm³/mol. The SMILES string of the molecule is COCCN1C(=O)C2CC(CN2Cc2ccc3c(c2)OCO3)Oc2ccccc21. The standard InChI is InChI=1S/C22H24N2O5/c1-26-9-8-24-17-4-2-3-5-19(17)29-16-11-18(22(24)25)23(13-16)12-15-6-7-20-21(10-15)28-14-27-20/h2-7,10,16,18H,8-9,11-14H2,1H3. The summed E-state index contributed by atoms with van der Waals surface area (Å²) < 4.78 is 22.5. The van der Waals surface area contributed by atoms with Crippen molar-refractivity contribution < 1.29 is 23.7 Å². The fraction of sp³-hybridized carbons (Fsp3) is 0.409. The van der Waals surface area contributed by atoms with Gasteiger partial charge in [-0.2, -0.15) is 0 Å². The average Bonchev–Trinajstić information content (AvgIpc) is 3.35. The summed E-state index contributed by atoms with van der Waals surface area (Å²) in [6.07, 6.45) is 0.671. The van der Waals surface area contributed by atoms with E-state index in [0.29, 0.717) is 32.7 Å². The second kappa shape index (κ2) is 7.57. The number of likely N-dealkylation sites (tertiary alicyclic amines) is 1. The van der Waals surface area contributed by atoms with Crippen LogP contribution in [0.25, 0.3) is 0 Å². The summed E-state index contributed by atoms with van der Waals surface area (Å²) in [5.41, 5.74) is 1.90. The molecule has 29 heavy (non-hydrogen) atoms. The number of para-hydroxylation sites is 2. The summed E-state index contributed by atoms with van der Waals surface area (Å²) in [5.74, 6) is 2.38. The van der Waals surface area contributed by atoms with Crippen LogP contribution in [0.4, 0.5) is 5.69 Å². The largest absolute Gasteiger partial charge is 0.487 e. The number of hydrogen-bond donors (Lipinski definition) is 0. The lowest BCUT2D eigenvalue weighted by Crippen LogP contribution is -2.47. The minimum Gasteiger partial charge on any atom is -0.487 e. The predicted octanol–water partition coefficient (Wildman–Crippen LogP) is 2.43. The molecular weight excluding hydrogens is 372 g/mol. The highest BCUT2D eigenvalue weighted by atomic mass is 16.7. The Labute approximate surface area is 169 Å². The molecular formula is C22H24N2O5. The summed E-state index contributed by atoms with van der Waals surface area (Å²) in [7, 11) is 1.65. The lowest BCUT2D eigenvalue weighted by Gasteiger charge is -2.31. The number of carbonyl (C=O) groups excluding carboxylic acids is 1. The van der Waals surface area contributed by atoms with Crippen molar-refractivity contribution in [3.05, 3.63) is 48.0 Å². The maximum absolute atomic E-state index is 13.5. The molecule has 2 atom stereocenters. The number of rotatable bonds is 5. The highest BCUT2D eigenvalue weighted by Gasteiger charge is 2.42. The van der Waals surface area contributed by atoms with Crippen molar-refractivity contribution in [1.82, 2.24) is 4.90 Å². The Morgan fingerprint density at radius 3 is 2.86 bits per heavy atom. The van der Waals surface area contributed by atoms with Gasteiger partial charge in [0.1, 0.15) is 11.9 Å². The summed E-state index contributed by atoms with van der Waals surface area (Å²) in [4.78, 5) is 17.5. The molecule has 0 radical (unpaired) electrons. The first kappa shape index (κ1) is 18.3. The molecule has 1 amide bonds. The van der Waals surface area contributed by atoms with Crippen molar-refractivity contribution in [2.75, 3.05) is 38.5 Å². The monoisotopic (exact) mass is 396 g/mol. The van der Waals surface area contributed by atoms with E-state index in [-0.39, 0.29) is 24.8 Å². The van der Waals surface area contributed by atoms with Gasteiger partial charge in [-0.25, -0.2) is 0 Å². The Balaban J connectivity index is 1.42. The molecule has 0 aliphatic carbocycles. The Bertz CT molecular complexity index is 918. The first-order valence-electron chi connectivity index (χ1n) is 9.91. The van der Waals surface area contributed by atoms with Gasteiger partial charge in [-0.1, -0.05) is 18.2 Å². The molecule has 7 heteroatoms. The van der Waals surface area contributed by atoms with Crippen molar-refractivity contribution in [3.8, 4) is 17.2 Å². The lowest BCUT2D eigenvalue weighted by atomic mass is 10.1. The number of amides is 1. The van der Waals surface area contributed by atoms with Gasteiger partial charge >= 0.3 is 0 Å². The Morgan fingerprint density at radius 2 is 1.97 bits per heavy atom. The van der Waals surface area contributed by atoms with E-state index >= 15 is 0 Å². The van der Waals surface area contributed by atoms with E-state index in [0.717, 1.165) is 28.5 Å². The molecule has 2 aromatic carbocycles. The fourth-order valence-electron chi connectivity index (χ4n) is 4.32. The first-order chi connectivity index (χ1) is 14.2. The lowest BCUT2D eigenvalue weighted by molar-refractivity contribution is -0.123. The molecule has 152 valence electrons. The summed E-state index contributed by atoms with van der Waals surface area (Å²) in [5, 5.41) is 0. The zero-order valence-electron chi connectivity index (χ0n) is 16.4. The molecule has 5 rings (SSSR count). The third-order valence-electron chi connectivity index (χ3n) is 5.71. The third kappa shape index (κ3) is 3.41. The van der Waals surface area contributed by atoms with Gasteiger partial charge in [-0.15, -0.1) is 0 Å². The number of nitrogens with zero attached hydrogens (tertiary/aromatic N) is 2. The molecule has 0 spiro atoms. The van der Waals surface area contributed by atoms with Gasteiger partial charge in [0.15, 0.2) is 11.5 Å². The maximum atomic E-state index is 13.5. The molecule has 2 unspecified atom stereocenters. The van der Waals surface area contributed by atoms with Crippen LogP contribution in [-0.2, 0) is 16.1 Å². The summed E-state index contributed by atoms with van der Waals surface area (Å²) in [6, 6.07) is 13.5. The second-order valence-corrected chi connectivity index (χ2v) is 7.56. The molecule has 7 nitrogen and oxygen atoms in total. The Hall–Kier alpha value is -2.77. The van der Waals surface area contributed by atoms with E-state index < -0.39 is 0 Å². The fourth-order valence-corrected chi connectivity index (χ4v) is 4.32. The molecule has 2 bridgehead atoms. The highest BCUT2D eigenvalue weighted by molar-refractivity contribution is 5.99. The van der Waals surface area contributed by atoms with E-state index in [4.69, 9.17) is 18.9 Å². The molecule has 2 aromatic rings. The average molecular weight is 396 g/mol. The smallest absolute Gasteiger partial charge is 0.244 e. The summed E-state index contributed by atoms with van der Waals surface area (Å²) in [6.45, 7) is 2.58. The van der Waals surface area contributed by atoms with E-state index in [9.17, 15) is 4.79 Å². The highest BCUT2D eigenvalue weighted by Crippen LogP contribution is 2.37. The number of hydrogen-bond acceptors (Lipinski definition) is 6. The second-order valence-electron chi connectivity index (χ2n) is 7.56. The molecule has 0 aromatic heterocycles. The summed E-state index contributed by atoms with van der Waals surface area (Å²) >= 11 is 0. The van der Waals surface area contributed by atoms with Gasteiger partial charge in [0, 0.05) is 33.2 Å².